The average molecular weight is 445 g/mol. The van der Waals surface area contributed by atoms with E-state index in [2.05, 4.69) is 20.5 Å². The highest BCUT2D eigenvalue weighted by atomic mass is 35.5. The molecule has 3 aromatic rings. The maximum atomic E-state index is 13.0. The first-order valence-electron chi connectivity index (χ1n) is 9.46. The summed E-state index contributed by atoms with van der Waals surface area (Å²) in [7, 11) is -3.59. The van der Waals surface area contributed by atoms with E-state index >= 15 is 0 Å². The summed E-state index contributed by atoms with van der Waals surface area (Å²) in [6.45, 7) is 3.56. The lowest BCUT2D eigenvalue weighted by Crippen LogP contribution is -2.49. The first-order valence-corrected chi connectivity index (χ1v) is 11.3. The third-order valence-electron chi connectivity index (χ3n) is 4.90. The quantitative estimate of drug-likeness (QED) is 0.646. The Morgan fingerprint density at radius 1 is 0.967 bits per heavy atom. The second-order valence-corrected chi connectivity index (χ2v) is 9.26. The van der Waals surface area contributed by atoms with E-state index in [0.29, 0.717) is 54.2 Å². The lowest BCUT2D eigenvalue weighted by atomic mass is 10.2. The van der Waals surface area contributed by atoms with Gasteiger partial charge in [-0.15, -0.1) is 10.2 Å². The standard InChI is InChI=1S/C20H21ClN6O2S/c1-15-5-6-16(21)14-17(15)30(28,29)27-12-10-26(11-13-27)20-8-7-19(24-25-20)23-18-4-2-3-9-22-18/h2-9,14H,10-13H2,1H3,(H,22,23,24). The molecule has 156 valence electrons. The summed E-state index contributed by atoms with van der Waals surface area (Å²) in [5.41, 5.74) is 0.684. The van der Waals surface area contributed by atoms with E-state index in [-0.39, 0.29) is 4.90 Å². The lowest BCUT2D eigenvalue weighted by Gasteiger charge is -2.34. The van der Waals surface area contributed by atoms with Gasteiger partial charge < -0.3 is 10.2 Å². The second-order valence-electron chi connectivity index (χ2n) is 6.92. The number of aryl methyl sites for hydroxylation is 1. The van der Waals surface area contributed by atoms with Crippen LogP contribution in [0.5, 0.6) is 0 Å². The van der Waals surface area contributed by atoms with E-state index in [4.69, 9.17) is 11.6 Å². The summed E-state index contributed by atoms with van der Waals surface area (Å²) >= 11 is 6.01. The van der Waals surface area contributed by atoms with Gasteiger partial charge in [0.15, 0.2) is 11.6 Å². The first-order chi connectivity index (χ1) is 14.4. The van der Waals surface area contributed by atoms with E-state index in [1.165, 1.54) is 10.4 Å². The van der Waals surface area contributed by atoms with Crippen molar-refractivity contribution in [2.24, 2.45) is 0 Å². The number of sulfonamides is 1. The van der Waals surface area contributed by atoms with Gasteiger partial charge in [0.2, 0.25) is 10.0 Å². The zero-order chi connectivity index (χ0) is 21.1. The minimum Gasteiger partial charge on any atom is -0.352 e. The van der Waals surface area contributed by atoms with Gasteiger partial charge in [-0.3, -0.25) is 0 Å². The Morgan fingerprint density at radius 3 is 2.43 bits per heavy atom. The molecule has 8 nitrogen and oxygen atoms in total. The smallest absolute Gasteiger partial charge is 0.243 e. The van der Waals surface area contributed by atoms with Crippen molar-refractivity contribution in [1.29, 1.82) is 0 Å². The van der Waals surface area contributed by atoms with Gasteiger partial charge in [0.1, 0.15) is 5.82 Å². The number of pyridine rings is 1. The molecule has 0 spiro atoms. The highest BCUT2D eigenvalue weighted by molar-refractivity contribution is 7.89. The van der Waals surface area contributed by atoms with Gasteiger partial charge in [-0.25, -0.2) is 13.4 Å². The topological polar surface area (TPSA) is 91.3 Å². The molecule has 2 aromatic heterocycles. The second kappa shape index (κ2) is 8.55. The van der Waals surface area contributed by atoms with Crippen LogP contribution < -0.4 is 10.2 Å². The molecule has 0 unspecified atom stereocenters. The van der Waals surface area contributed by atoms with Crippen LogP contribution in [-0.2, 0) is 10.0 Å². The molecule has 30 heavy (non-hydrogen) atoms. The van der Waals surface area contributed by atoms with E-state index in [1.807, 2.05) is 35.2 Å². The lowest BCUT2D eigenvalue weighted by molar-refractivity contribution is 0.383. The normalized spacial score (nSPS) is 15.2. The Bertz CT molecular complexity index is 1120. The third kappa shape index (κ3) is 4.38. The first kappa shape index (κ1) is 20.5. The van der Waals surface area contributed by atoms with Crippen molar-refractivity contribution in [3.8, 4) is 0 Å². The summed E-state index contributed by atoms with van der Waals surface area (Å²) in [5.74, 6) is 1.99. The molecule has 0 saturated carbocycles. The summed E-state index contributed by atoms with van der Waals surface area (Å²) < 4.78 is 27.5. The van der Waals surface area contributed by atoms with Crippen molar-refractivity contribution >= 4 is 39.1 Å². The Labute approximate surface area is 180 Å². The van der Waals surface area contributed by atoms with Crippen LogP contribution in [0.4, 0.5) is 17.5 Å². The van der Waals surface area contributed by atoms with E-state index in [0.717, 1.165) is 0 Å². The molecule has 4 rings (SSSR count). The van der Waals surface area contributed by atoms with Crippen LogP contribution in [-0.4, -0.2) is 54.1 Å². The number of benzene rings is 1. The SMILES string of the molecule is Cc1ccc(Cl)cc1S(=O)(=O)N1CCN(c2ccc(Nc3ccccn3)nn2)CC1. The molecule has 0 bridgehead atoms. The molecule has 0 amide bonds. The Morgan fingerprint density at radius 2 is 1.77 bits per heavy atom. The minimum atomic E-state index is -3.59. The minimum absolute atomic E-state index is 0.258. The zero-order valence-corrected chi connectivity index (χ0v) is 17.9. The summed E-state index contributed by atoms with van der Waals surface area (Å²) in [6.07, 6.45) is 1.70. The maximum absolute atomic E-state index is 13.0. The van der Waals surface area contributed by atoms with Crippen molar-refractivity contribution in [3.05, 3.63) is 65.3 Å². The molecule has 0 atom stereocenters. The number of nitrogens with zero attached hydrogens (tertiary/aromatic N) is 5. The number of rotatable bonds is 5. The number of halogens is 1. The van der Waals surface area contributed by atoms with Gasteiger partial charge in [-0.1, -0.05) is 23.7 Å². The van der Waals surface area contributed by atoms with Crippen LogP contribution >= 0.6 is 11.6 Å². The number of aromatic nitrogens is 3. The molecule has 1 fully saturated rings. The predicted molar refractivity (Wildman–Crippen MR) is 117 cm³/mol. The van der Waals surface area contributed by atoms with Gasteiger partial charge >= 0.3 is 0 Å². The molecule has 1 aliphatic heterocycles. The fourth-order valence-corrected chi connectivity index (χ4v) is 5.19. The van der Waals surface area contributed by atoms with Crippen LogP contribution in [0.3, 0.4) is 0 Å². The molecule has 10 heteroatoms. The predicted octanol–water partition coefficient (Wildman–Crippen LogP) is 3.09. The average Bonchev–Trinajstić information content (AvgIpc) is 2.77. The highest BCUT2D eigenvalue weighted by Crippen LogP contribution is 2.25. The maximum Gasteiger partial charge on any atom is 0.243 e. The Balaban J connectivity index is 1.41. The zero-order valence-electron chi connectivity index (χ0n) is 16.4. The summed E-state index contributed by atoms with van der Waals surface area (Å²) in [4.78, 5) is 6.47. The summed E-state index contributed by atoms with van der Waals surface area (Å²) in [5, 5.41) is 12.0. The molecule has 0 radical (unpaired) electrons. The van der Waals surface area contributed by atoms with Crippen LogP contribution in [0.1, 0.15) is 5.56 Å². The molecular weight excluding hydrogens is 424 g/mol. The third-order valence-corrected chi connectivity index (χ3v) is 7.18. The van der Waals surface area contributed by atoms with Crippen molar-refractivity contribution < 1.29 is 8.42 Å². The highest BCUT2D eigenvalue weighted by Gasteiger charge is 2.30. The Kier molecular flexibility index (Phi) is 5.85. The Hall–Kier alpha value is -2.75. The van der Waals surface area contributed by atoms with E-state index < -0.39 is 10.0 Å². The largest absolute Gasteiger partial charge is 0.352 e. The molecule has 3 heterocycles. The van der Waals surface area contributed by atoms with Crippen LogP contribution in [0.2, 0.25) is 5.02 Å². The fourth-order valence-electron chi connectivity index (χ4n) is 3.28. The molecule has 0 aliphatic carbocycles. The number of hydrogen-bond donors (Lipinski definition) is 1. The van der Waals surface area contributed by atoms with Crippen LogP contribution in [0, 0.1) is 6.92 Å². The molecule has 1 aromatic carbocycles. The van der Waals surface area contributed by atoms with Gasteiger partial charge in [0.05, 0.1) is 4.90 Å². The fraction of sp³-hybridized carbons (Fsp3) is 0.250. The van der Waals surface area contributed by atoms with Crippen LogP contribution in [0.15, 0.2) is 59.6 Å². The number of anilines is 3. The van der Waals surface area contributed by atoms with Gasteiger partial charge in [-0.05, 0) is 48.9 Å². The van der Waals surface area contributed by atoms with Crippen molar-refractivity contribution in [2.75, 3.05) is 36.4 Å². The van der Waals surface area contributed by atoms with Gasteiger partial charge in [-0.2, -0.15) is 4.31 Å². The van der Waals surface area contributed by atoms with Crippen LogP contribution in [0.25, 0.3) is 0 Å². The van der Waals surface area contributed by atoms with Gasteiger partial charge in [0, 0.05) is 37.4 Å². The monoisotopic (exact) mass is 444 g/mol. The number of piperazine rings is 1. The van der Waals surface area contributed by atoms with E-state index in [1.54, 1.807) is 25.3 Å². The van der Waals surface area contributed by atoms with Crippen molar-refractivity contribution in [1.82, 2.24) is 19.5 Å². The van der Waals surface area contributed by atoms with E-state index in [9.17, 15) is 8.42 Å². The molecule has 1 N–H and O–H groups in total. The molecule has 1 aliphatic rings. The summed E-state index contributed by atoms with van der Waals surface area (Å²) in [6, 6.07) is 14.2. The van der Waals surface area contributed by atoms with Crippen molar-refractivity contribution in [3.63, 3.8) is 0 Å². The molecule has 1 saturated heterocycles. The number of nitrogens with one attached hydrogen (secondary N) is 1. The number of hydrogen-bond acceptors (Lipinski definition) is 7. The van der Waals surface area contributed by atoms with Crippen molar-refractivity contribution in [2.45, 2.75) is 11.8 Å². The van der Waals surface area contributed by atoms with Gasteiger partial charge in [0.25, 0.3) is 0 Å². The molecular formula is C20H21ClN6O2S.